The second kappa shape index (κ2) is 59.1. The molecule has 3 heterocycles. The number of rotatable bonds is 69. The molecular formula is C93H133N11O35S2. The van der Waals surface area contributed by atoms with Gasteiger partial charge in [-0.2, -0.15) is 16.7 Å². The Morgan fingerprint density at radius 1 is 0.475 bits per heavy atom. The molecule has 19 atom stereocenters. The molecule has 0 unspecified atom stereocenters. The van der Waals surface area contributed by atoms with Crippen LogP contribution in [0.2, 0.25) is 0 Å². The molecule has 1 aliphatic carbocycles. The number of benzene rings is 2. The van der Waals surface area contributed by atoms with E-state index in [9.17, 15) is 164 Å². The SMILES string of the molecule is CC(C)(C)OC(=O)[C@H](CCC(=O)NCCCC[C@H](NC(=O)[C@H](CCC(=O)NC[C@H](O)[C@@H](O)[C@H](O)[C@H](O)CO)CC(=O)[C@H](CCC(=O)O)NC(=O)[C@H](CCC(=O)NC[C@H](O)[C@@H](O)[C@H](O)[C@H](O)CO)CC(=O)[C@H](CCC(=O)O)NC(=O)[C@H](CCC(=O)NC[C@H](O)[C@@H](O)[C@H](O)[C@H](O)CO)CC(=O)CCSCC1c2ccccc2-c2ccccc21)C(=O)O)CC(=O)c1ccc(CCCc2cc3c(=O)[nH]c(N)nc3[nH]2)s1. The molecule has 782 valence electrons. The van der Waals surface area contributed by atoms with Gasteiger partial charge in [-0.25, -0.2) is 4.79 Å². The van der Waals surface area contributed by atoms with E-state index < -0.39 is 332 Å². The Morgan fingerprint density at radius 2 is 0.901 bits per heavy atom. The van der Waals surface area contributed by atoms with E-state index in [1.807, 2.05) is 48.5 Å². The van der Waals surface area contributed by atoms with Gasteiger partial charge in [-0.3, -0.25) is 76.9 Å². The van der Waals surface area contributed by atoms with Crippen molar-refractivity contribution in [2.24, 2.45) is 23.7 Å². The highest BCUT2D eigenvalue weighted by molar-refractivity contribution is 7.99. The number of aliphatic carboxylic acids is 3. The Kier molecular flexibility index (Phi) is 49.8. The van der Waals surface area contributed by atoms with Crippen LogP contribution in [0.1, 0.15) is 193 Å². The number of ether oxygens (including phenoxy) is 1. The predicted octanol–water partition coefficient (Wildman–Crippen LogP) is -3.40. The number of fused-ring (bicyclic) bond motifs is 4. The highest BCUT2D eigenvalue weighted by Crippen LogP contribution is 2.46. The number of nitrogens with zero attached hydrogens (tertiary/aromatic N) is 1. The number of esters is 1. The summed E-state index contributed by atoms with van der Waals surface area (Å²) < 4.78 is 5.64. The third kappa shape index (κ3) is 39.7. The van der Waals surface area contributed by atoms with Crippen molar-refractivity contribution >= 4 is 128 Å². The van der Waals surface area contributed by atoms with Gasteiger partial charge in [0.1, 0.15) is 78.0 Å². The van der Waals surface area contributed by atoms with Crippen molar-refractivity contribution in [3.63, 3.8) is 0 Å². The van der Waals surface area contributed by atoms with E-state index in [-0.39, 0.29) is 74.9 Å². The van der Waals surface area contributed by atoms with Crippen LogP contribution < -0.4 is 48.5 Å². The fourth-order valence-corrected chi connectivity index (χ4v) is 17.7. The van der Waals surface area contributed by atoms with E-state index in [2.05, 4.69) is 52.2 Å². The molecule has 29 N–H and O–H groups in total. The first-order chi connectivity index (χ1) is 66.6. The molecule has 0 aliphatic heterocycles. The number of ketones is 4. The third-order valence-corrected chi connectivity index (χ3v) is 26.0. The second-order valence-electron chi connectivity index (χ2n) is 35.9. The largest absolute Gasteiger partial charge is 0.481 e. The van der Waals surface area contributed by atoms with E-state index >= 15 is 4.79 Å². The van der Waals surface area contributed by atoms with Crippen molar-refractivity contribution in [3.8, 4) is 11.1 Å². The lowest BCUT2D eigenvalue weighted by Gasteiger charge is -2.26. The number of aromatic nitrogens is 3. The molecule has 0 saturated carbocycles. The zero-order valence-electron chi connectivity index (χ0n) is 78.4. The summed E-state index contributed by atoms with van der Waals surface area (Å²) in [5.41, 5.74) is 9.59. The minimum absolute atomic E-state index is 0.0418. The quantitative estimate of drug-likeness (QED) is 0.0102. The van der Waals surface area contributed by atoms with Crippen LogP contribution in [0.5, 0.6) is 0 Å². The molecule has 7 amide bonds. The summed E-state index contributed by atoms with van der Waals surface area (Å²) in [5, 5.41) is 198. The molecule has 3 aromatic heterocycles. The summed E-state index contributed by atoms with van der Waals surface area (Å²) >= 11 is 2.65. The number of unbranched alkanes of at least 4 members (excludes halogenated alkanes) is 1. The van der Waals surface area contributed by atoms with Crippen LogP contribution in [0.25, 0.3) is 22.2 Å². The molecule has 2 aromatic carbocycles. The van der Waals surface area contributed by atoms with Crippen molar-refractivity contribution < 1.29 is 169 Å². The van der Waals surface area contributed by atoms with Crippen molar-refractivity contribution in [1.29, 1.82) is 0 Å². The first-order valence-electron chi connectivity index (χ1n) is 46.3. The molecule has 1 aliphatic rings. The van der Waals surface area contributed by atoms with Crippen LogP contribution in [-0.2, 0) is 84.7 Å². The number of amides is 7. The molecule has 0 spiro atoms. The van der Waals surface area contributed by atoms with Crippen LogP contribution >= 0.6 is 23.1 Å². The zero-order valence-corrected chi connectivity index (χ0v) is 80.0. The molecular weight excluding hydrogens is 1900 g/mol. The fraction of sp³-hybridized carbons (Fsp3) is 0.602. The molecule has 0 radical (unpaired) electrons. The van der Waals surface area contributed by atoms with Gasteiger partial charge in [0.2, 0.25) is 47.3 Å². The lowest BCUT2D eigenvalue weighted by Crippen LogP contribution is -2.50. The molecule has 0 saturated heterocycles. The van der Waals surface area contributed by atoms with Crippen LogP contribution in [0.3, 0.4) is 0 Å². The summed E-state index contributed by atoms with van der Waals surface area (Å²) in [7, 11) is 0. The van der Waals surface area contributed by atoms with Crippen molar-refractivity contribution in [1.82, 2.24) is 52.2 Å². The Hall–Kier alpha value is -11.0. The minimum Gasteiger partial charge on any atom is -0.481 e. The van der Waals surface area contributed by atoms with Gasteiger partial charge in [0.05, 0.1) is 66.4 Å². The lowest BCUT2D eigenvalue weighted by molar-refractivity contribution is -0.160. The van der Waals surface area contributed by atoms with Gasteiger partial charge in [-0.15, -0.1) is 11.3 Å². The first kappa shape index (κ1) is 119. The average molecular weight is 2030 g/mol. The number of carboxylic acid groups (broad SMARTS) is 3. The highest BCUT2D eigenvalue weighted by atomic mass is 32.2. The van der Waals surface area contributed by atoms with Gasteiger partial charge in [-0.1, -0.05) is 48.5 Å². The number of nitrogen functional groups attached to an aromatic ring is 1. The van der Waals surface area contributed by atoms with Gasteiger partial charge in [0.15, 0.2) is 17.3 Å². The number of nitrogens with two attached hydrogens (primary N) is 1. The molecule has 48 heteroatoms. The molecule has 0 fully saturated rings. The maximum atomic E-state index is 15.1. The van der Waals surface area contributed by atoms with Gasteiger partial charge < -0.3 is 145 Å². The monoisotopic (exact) mass is 2030 g/mol. The summed E-state index contributed by atoms with van der Waals surface area (Å²) in [6.07, 6.45) is -35.1. The fourth-order valence-electron chi connectivity index (χ4n) is 15.6. The van der Waals surface area contributed by atoms with E-state index in [0.29, 0.717) is 40.9 Å². The lowest BCUT2D eigenvalue weighted by atomic mass is 9.89. The van der Waals surface area contributed by atoms with Gasteiger partial charge >= 0.3 is 23.9 Å². The van der Waals surface area contributed by atoms with Crippen LogP contribution in [0, 0.1) is 23.7 Å². The van der Waals surface area contributed by atoms with Crippen LogP contribution in [-0.4, -0.2) is 350 Å². The Morgan fingerprint density at radius 3 is 1.34 bits per heavy atom. The van der Waals surface area contributed by atoms with Crippen molar-refractivity contribution in [3.05, 3.63) is 104 Å². The number of thioether (sulfide) groups is 1. The number of H-pyrrole nitrogens is 2. The Labute approximate surface area is 818 Å². The number of aliphatic hydroxyl groups is 15. The number of thiophene rings is 1. The Balaban J connectivity index is 1.22. The van der Waals surface area contributed by atoms with Gasteiger partial charge in [-0.05, 0) is 138 Å². The smallest absolute Gasteiger partial charge is 0.326 e. The number of carboxylic acids is 3. The van der Waals surface area contributed by atoms with E-state index in [1.165, 1.54) is 23.1 Å². The second-order valence-corrected chi connectivity index (χ2v) is 38.2. The number of carbonyl (C=O) groups excluding carboxylic acids is 12. The van der Waals surface area contributed by atoms with Crippen molar-refractivity contribution in [2.45, 2.75) is 271 Å². The zero-order chi connectivity index (χ0) is 105. The number of nitrogens with one attached hydrogen (secondary N) is 9. The number of Topliss-reactive ketones (excluding diaryl/α,β-unsaturated/α-hetero) is 4. The third-order valence-electron chi connectivity index (χ3n) is 23.7. The Bertz CT molecular complexity index is 5020. The minimum atomic E-state index is -2.21. The summed E-state index contributed by atoms with van der Waals surface area (Å²) in [5.74, 6) is -22.0. The normalized spacial score (nSPS) is 16.1. The number of anilines is 1. The summed E-state index contributed by atoms with van der Waals surface area (Å²) in [6.45, 7) is -0.959. The van der Waals surface area contributed by atoms with E-state index in [4.69, 9.17) is 10.5 Å². The van der Waals surface area contributed by atoms with Gasteiger partial charge in [0.25, 0.3) is 5.56 Å². The topological polar surface area (TPSA) is 801 Å². The number of aromatic amines is 2. The average Bonchev–Trinajstić information content (AvgIpc) is 1.61. The van der Waals surface area contributed by atoms with Gasteiger partial charge in [0, 0.05) is 143 Å². The van der Waals surface area contributed by atoms with E-state index in [1.54, 1.807) is 39.0 Å². The maximum absolute atomic E-state index is 15.1. The van der Waals surface area contributed by atoms with Crippen LogP contribution in [0.4, 0.5) is 5.95 Å². The van der Waals surface area contributed by atoms with E-state index in [0.717, 1.165) is 32.8 Å². The number of aryl methyl sites for hydroxylation is 2. The number of hydrogen-bond donors (Lipinski definition) is 28. The highest BCUT2D eigenvalue weighted by Gasteiger charge is 2.40. The predicted molar refractivity (Wildman–Crippen MR) is 504 cm³/mol. The summed E-state index contributed by atoms with van der Waals surface area (Å²) in [4.78, 5) is 231. The summed E-state index contributed by atoms with van der Waals surface area (Å²) in [6, 6.07) is 14.9. The molecule has 141 heavy (non-hydrogen) atoms. The number of hydrogen-bond acceptors (Lipinski definition) is 36. The molecule has 6 rings (SSSR count). The molecule has 46 nitrogen and oxygen atoms in total. The van der Waals surface area contributed by atoms with Crippen molar-refractivity contribution in [2.75, 3.05) is 63.2 Å². The molecule has 5 aromatic rings. The maximum Gasteiger partial charge on any atom is 0.326 e. The first-order valence-corrected chi connectivity index (χ1v) is 48.3. The number of aliphatic hydroxyl groups excluding tert-OH is 15. The standard InChI is InChI=1S/C93H133N11O35S2/c1-93(2,3)139-91(138)50(38-65(111)72-25-22-53(141-72)12-10-11-51-39-58-85(99-51)103-92(94)104-89(58)135)21-29-73(118)95-33-9-8-17-62(90(136)137)102-88(134)49(20-28-76(121)98-42-68(114)81(128)84(131)71(117)45-107)37-64(110)61(24-31-78(124)125)101-87(133)48(19-27-75(120)97-41-67(113)80(127)83(130)70(116)44-106)36-63(109)60(23-30-77(122)123)100-86(132)47(18-26-74(119)96-40-66(112)79(126)82(129)69(115)43-105)35-52(108)32-34-140-46-59-56-15-6-4-13-54(56)55-14-5-7-16-57(55)59/h4-7,13-16,22,25,39,47-50,59-62,66-71,79-84,105-107,112-117,126-131H,8-12,17-21,23-24,26-38,40-46H2,1-3H3,(H,95,118)(H,96,119)(H,97,120)(H,98,121)(H,100,132)(H,101,133)(H,102,134)(H,122,123)(H,124,125)(H,136,137)(H4,94,99,103,104,135)/t47-,48-,49-,50-,60+,61+,62+,66+,67+,68+,69-,70-,71-,79-,80-,81-,82-,83-,84-/m1/s1. The number of carbonyl (C=O) groups is 15. The van der Waals surface area contributed by atoms with Crippen LogP contribution in [0.15, 0.2) is 71.5 Å². The molecule has 0 bridgehead atoms.